The highest BCUT2D eigenvalue weighted by Crippen LogP contribution is 2.33. The summed E-state index contributed by atoms with van der Waals surface area (Å²) in [7, 11) is 0. The minimum Gasteiger partial charge on any atom is -0.480 e. The van der Waals surface area contributed by atoms with Crippen LogP contribution in [0.4, 0.5) is 0 Å². The first-order valence-electron chi connectivity index (χ1n) is 7.35. The number of carboxylic acid groups (broad SMARTS) is 1. The number of fused-ring (bicyclic) bond motifs is 1. The van der Waals surface area contributed by atoms with Crippen molar-refractivity contribution in [3.8, 4) is 0 Å². The summed E-state index contributed by atoms with van der Waals surface area (Å²) in [5, 5.41) is 9.13. The molecule has 0 amide bonds. The molecule has 1 saturated carbocycles. The van der Waals surface area contributed by atoms with E-state index in [1.807, 2.05) is 0 Å². The van der Waals surface area contributed by atoms with Crippen molar-refractivity contribution in [3.63, 3.8) is 0 Å². The molecule has 0 bridgehead atoms. The Labute approximate surface area is 128 Å². The number of halogens is 1. The average Bonchev–Trinajstić information content (AvgIpc) is 3.21. The molecule has 1 N–H and O–H groups in total. The van der Waals surface area contributed by atoms with Crippen molar-refractivity contribution in [2.24, 2.45) is 5.92 Å². The van der Waals surface area contributed by atoms with E-state index in [9.17, 15) is 4.79 Å². The second-order valence-corrected chi connectivity index (χ2v) is 6.99. The molecule has 1 aromatic carbocycles. The SMILES string of the molecule is O=C(O)CN(CC1CC1)C1CCc2cc(Br)ccc2C1. The fraction of sp³-hybridized carbons (Fsp3) is 0.562. The molecule has 0 spiro atoms. The lowest BCUT2D eigenvalue weighted by Gasteiger charge is -2.34. The van der Waals surface area contributed by atoms with Crippen molar-refractivity contribution in [2.45, 2.75) is 38.1 Å². The maximum absolute atomic E-state index is 11.1. The molecule has 1 aromatic rings. The van der Waals surface area contributed by atoms with Crippen molar-refractivity contribution in [2.75, 3.05) is 13.1 Å². The van der Waals surface area contributed by atoms with Crippen molar-refractivity contribution < 1.29 is 9.90 Å². The van der Waals surface area contributed by atoms with Gasteiger partial charge in [-0.25, -0.2) is 0 Å². The third kappa shape index (κ3) is 3.41. The van der Waals surface area contributed by atoms with E-state index in [2.05, 4.69) is 39.0 Å². The second-order valence-electron chi connectivity index (χ2n) is 6.08. The van der Waals surface area contributed by atoms with Crippen LogP contribution in [0.15, 0.2) is 22.7 Å². The standard InChI is InChI=1S/C16H20BrNO2/c17-14-5-3-13-8-15(6-4-12(13)7-14)18(10-16(19)20)9-11-1-2-11/h3,5,7,11,15H,1-2,4,6,8-10H2,(H,19,20). The molecule has 20 heavy (non-hydrogen) atoms. The summed E-state index contributed by atoms with van der Waals surface area (Å²) in [5.74, 6) is 0.0351. The Balaban J connectivity index is 1.72. The first-order chi connectivity index (χ1) is 9.61. The van der Waals surface area contributed by atoms with Gasteiger partial charge in [-0.3, -0.25) is 9.69 Å². The monoisotopic (exact) mass is 337 g/mol. The van der Waals surface area contributed by atoms with E-state index in [0.717, 1.165) is 36.2 Å². The van der Waals surface area contributed by atoms with Gasteiger partial charge in [0.15, 0.2) is 0 Å². The summed E-state index contributed by atoms with van der Waals surface area (Å²) in [4.78, 5) is 13.3. The van der Waals surface area contributed by atoms with Gasteiger partial charge in [0.2, 0.25) is 0 Å². The highest BCUT2D eigenvalue weighted by atomic mass is 79.9. The van der Waals surface area contributed by atoms with Crippen molar-refractivity contribution in [3.05, 3.63) is 33.8 Å². The summed E-state index contributed by atoms with van der Waals surface area (Å²) < 4.78 is 1.13. The van der Waals surface area contributed by atoms with Crippen LogP contribution in [0.5, 0.6) is 0 Å². The fourth-order valence-electron chi connectivity index (χ4n) is 3.16. The zero-order chi connectivity index (χ0) is 14.1. The Kier molecular flexibility index (Phi) is 4.13. The summed E-state index contributed by atoms with van der Waals surface area (Å²) in [5.41, 5.74) is 2.80. The van der Waals surface area contributed by atoms with Gasteiger partial charge in [-0.05, 0) is 61.3 Å². The number of nitrogens with zero attached hydrogens (tertiary/aromatic N) is 1. The van der Waals surface area contributed by atoms with Crippen LogP contribution in [-0.2, 0) is 17.6 Å². The Bertz CT molecular complexity index is 513. The van der Waals surface area contributed by atoms with E-state index in [0.29, 0.717) is 6.04 Å². The molecule has 4 heteroatoms. The van der Waals surface area contributed by atoms with E-state index in [1.54, 1.807) is 0 Å². The smallest absolute Gasteiger partial charge is 0.317 e. The normalized spacial score (nSPS) is 21.8. The molecule has 1 unspecified atom stereocenters. The fourth-order valence-corrected chi connectivity index (χ4v) is 3.57. The molecule has 108 valence electrons. The highest BCUT2D eigenvalue weighted by Gasteiger charge is 2.31. The predicted molar refractivity (Wildman–Crippen MR) is 81.9 cm³/mol. The number of aryl methyl sites for hydroxylation is 1. The molecule has 0 saturated heterocycles. The van der Waals surface area contributed by atoms with E-state index in [4.69, 9.17) is 5.11 Å². The lowest BCUT2D eigenvalue weighted by molar-refractivity contribution is -0.139. The first-order valence-corrected chi connectivity index (χ1v) is 8.14. The zero-order valence-corrected chi connectivity index (χ0v) is 13.1. The number of benzene rings is 1. The van der Waals surface area contributed by atoms with E-state index in [1.165, 1.54) is 24.0 Å². The average molecular weight is 338 g/mol. The molecule has 0 radical (unpaired) electrons. The Morgan fingerprint density at radius 2 is 2.10 bits per heavy atom. The number of carbonyl (C=O) groups is 1. The Morgan fingerprint density at radius 3 is 2.80 bits per heavy atom. The van der Waals surface area contributed by atoms with Crippen molar-refractivity contribution >= 4 is 21.9 Å². The van der Waals surface area contributed by atoms with Crippen molar-refractivity contribution in [1.29, 1.82) is 0 Å². The molecular weight excluding hydrogens is 318 g/mol. The largest absolute Gasteiger partial charge is 0.480 e. The van der Waals surface area contributed by atoms with Crippen LogP contribution in [0.3, 0.4) is 0 Å². The van der Waals surface area contributed by atoms with Crippen LogP contribution >= 0.6 is 15.9 Å². The molecule has 3 nitrogen and oxygen atoms in total. The molecule has 0 heterocycles. The number of aliphatic carboxylic acids is 1. The molecule has 1 fully saturated rings. The maximum atomic E-state index is 11.1. The van der Waals surface area contributed by atoms with Gasteiger partial charge in [0.25, 0.3) is 0 Å². The van der Waals surface area contributed by atoms with E-state index in [-0.39, 0.29) is 6.54 Å². The predicted octanol–water partition coefficient (Wildman–Crippen LogP) is 3.10. The Hall–Kier alpha value is -0.870. The topological polar surface area (TPSA) is 40.5 Å². The van der Waals surface area contributed by atoms with Gasteiger partial charge in [-0.2, -0.15) is 0 Å². The summed E-state index contributed by atoms with van der Waals surface area (Å²) in [6.07, 6.45) is 5.66. The molecular formula is C16H20BrNO2. The number of hydrogen-bond donors (Lipinski definition) is 1. The van der Waals surface area contributed by atoms with Gasteiger partial charge >= 0.3 is 5.97 Å². The first kappa shape index (κ1) is 14.1. The van der Waals surface area contributed by atoms with Gasteiger partial charge in [0.05, 0.1) is 6.54 Å². The van der Waals surface area contributed by atoms with Crippen LogP contribution in [0.25, 0.3) is 0 Å². The molecule has 2 aliphatic rings. The van der Waals surface area contributed by atoms with Crippen LogP contribution in [0.2, 0.25) is 0 Å². The van der Waals surface area contributed by atoms with E-state index >= 15 is 0 Å². The van der Waals surface area contributed by atoms with Gasteiger partial charge < -0.3 is 5.11 Å². The van der Waals surface area contributed by atoms with Gasteiger partial charge in [-0.15, -0.1) is 0 Å². The van der Waals surface area contributed by atoms with Gasteiger partial charge in [0.1, 0.15) is 0 Å². The minimum absolute atomic E-state index is 0.188. The van der Waals surface area contributed by atoms with Crippen LogP contribution in [0.1, 0.15) is 30.4 Å². The lowest BCUT2D eigenvalue weighted by Crippen LogP contribution is -2.43. The molecule has 0 aromatic heterocycles. The van der Waals surface area contributed by atoms with Crippen LogP contribution < -0.4 is 0 Å². The highest BCUT2D eigenvalue weighted by molar-refractivity contribution is 9.10. The third-order valence-electron chi connectivity index (χ3n) is 4.42. The lowest BCUT2D eigenvalue weighted by atomic mass is 9.87. The van der Waals surface area contributed by atoms with Crippen LogP contribution in [0, 0.1) is 5.92 Å². The number of hydrogen-bond acceptors (Lipinski definition) is 2. The third-order valence-corrected chi connectivity index (χ3v) is 4.91. The number of rotatable bonds is 5. The van der Waals surface area contributed by atoms with E-state index < -0.39 is 5.97 Å². The number of carboxylic acids is 1. The summed E-state index contributed by atoms with van der Waals surface area (Å²) in [6.45, 7) is 1.15. The minimum atomic E-state index is -0.702. The van der Waals surface area contributed by atoms with Gasteiger partial charge in [-0.1, -0.05) is 22.0 Å². The quantitative estimate of drug-likeness (QED) is 0.897. The summed E-state index contributed by atoms with van der Waals surface area (Å²) in [6, 6.07) is 6.86. The second kappa shape index (κ2) is 5.86. The molecule has 2 aliphatic carbocycles. The maximum Gasteiger partial charge on any atom is 0.317 e. The summed E-state index contributed by atoms with van der Waals surface area (Å²) >= 11 is 3.52. The van der Waals surface area contributed by atoms with Crippen molar-refractivity contribution in [1.82, 2.24) is 4.90 Å². The van der Waals surface area contributed by atoms with Gasteiger partial charge in [0, 0.05) is 17.1 Å². The molecule has 3 rings (SSSR count). The molecule has 0 aliphatic heterocycles. The Morgan fingerprint density at radius 1 is 1.30 bits per heavy atom. The molecule has 1 atom stereocenters. The zero-order valence-electron chi connectivity index (χ0n) is 11.5. The van der Waals surface area contributed by atoms with Crippen LogP contribution in [-0.4, -0.2) is 35.1 Å².